The molecule has 1 aromatic rings. The Morgan fingerprint density at radius 2 is 2.16 bits per heavy atom. The Kier molecular flexibility index (Phi) is 4.75. The maximum absolute atomic E-state index is 11.9. The van der Waals surface area contributed by atoms with E-state index in [1.807, 2.05) is 6.07 Å². The van der Waals surface area contributed by atoms with Crippen molar-refractivity contribution in [3.8, 4) is 11.8 Å². The Balaban J connectivity index is 2.53. The van der Waals surface area contributed by atoms with Crippen molar-refractivity contribution in [2.24, 2.45) is 0 Å². The maximum Gasteiger partial charge on any atom is 0.405 e. The van der Waals surface area contributed by atoms with E-state index in [0.29, 0.717) is 16.9 Å². The van der Waals surface area contributed by atoms with Crippen LogP contribution in [-0.2, 0) is 4.79 Å². The number of nitriles is 1. The monoisotopic (exact) mass is 272 g/mol. The summed E-state index contributed by atoms with van der Waals surface area (Å²) in [7, 11) is 0. The van der Waals surface area contributed by atoms with Crippen LogP contribution in [0.3, 0.4) is 0 Å². The van der Waals surface area contributed by atoms with Crippen LogP contribution < -0.4 is 10.1 Å². The van der Waals surface area contributed by atoms with Crippen molar-refractivity contribution in [2.75, 3.05) is 13.2 Å². The minimum absolute atomic E-state index is 0.293. The van der Waals surface area contributed by atoms with Crippen molar-refractivity contribution in [3.05, 3.63) is 29.3 Å². The molecule has 7 heteroatoms. The van der Waals surface area contributed by atoms with Gasteiger partial charge >= 0.3 is 6.18 Å². The molecule has 4 nitrogen and oxygen atoms in total. The van der Waals surface area contributed by atoms with E-state index >= 15 is 0 Å². The molecule has 1 aromatic carbocycles. The van der Waals surface area contributed by atoms with E-state index in [1.54, 1.807) is 24.4 Å². The molecule has 0 aliphatic rings. The van der Waals surface area contributed by atoms with Gasteiger partial charge in [-0.3, -0.25) is 4.79 Å². The molecule has 0 unspecified atom stereocenters. The highest BCUT2D eigenvalue weighted by Gasteiger charge is 2.27. The van der Waals surface area contributed by atoms with Gasteiger partial charge in [-0.2, -0.15) is 18.4 Å². The third kappa shape index (κ3) is 5.29. The summed E-state index contributed by atoms with van der Waals surface area (Å²) in [6, 6.07) is 6.52. The Bertz CT molecular complexity index is 507. The summed E-state index contributed by atoms with van der Waals surface area (Å²) in [5, 5.41) is 10.4. The summed E-state index contributed by atoms with van der Waals surface area (Å²) in [5.41, 5.74) is 1.03. The number of halogens is 3. The highest BCUT2D eigenvalue weighted by atomic mass is 19.4. The molecule has 1 N–H and O–H groups in total. The van der Waals surface area contributed by atoms with Crippen molar-refractivity contribution in [2.45, 2.75) is 13.1 Å². The van der Waals surface area contributed by atoms with Gasteiger partial charge in [0.05, 0.1) is 11.6 Å². The van der Waals surface area contributed by atoms with Crippen LogP contribution in [0.2, 0.25) is 0 Å². The van der Waals surface area contributed by atoms with E-state index in [4.69, 9.17) is 10.00 Å². The van der Waals surface area contributed by atoms with Gasteiger partial charge in [-0.15, -0.1) is 0 Å². The predicted octanol–water partition coefficient (Wildman–Crippen LogP) is 1.92. The minimum atomic E-state index is -4.45. The average molecular weight is 272 g/mol. The normalized spacial score (nSPS) is 10.7. The van der Waals surface area contributed by atoms with Crippen molar-refractivity contribution < 1.29 is 22.7 Å². The second-order valence-corrected chi connectivity index (χ2v) is 3.77. The van der Waals surface area contributed by atoms with Crippen molar-refractivity contribution >= 4 is 5.91 Å². The Morgan fingerprint density at radius 3 is 2.74 bits per heavy atom. The molecule has 1 rings (SSSR count). The van der Waals surface area contributed by atoms with Gasteiger partial charge in [0.15, 0.2) is 6.61 Å². The second-order valence-electron chi connectivity index (χ2n) is 3.77. The van der Waals surface area contributed by atoms with E-state index < -0.39 is 25.2 Å². The summed E-state index contributed by atoms with van der Waals surface area (Å²) in [6.07, 6.45) is -4.45. The molecule has 0 aliphatic carbocycles. The van der Waals surface area contributed by atoms with Gasteiger partial charge in [0.1, 0.15) is 12.3 Å². The number of rotatable bonds is 4. The van der Waals surface area contributed by atoms with Crippen molar-refractivity contribution in [1.29, 1.82) is 5.26 Å². The van der Waals surface area contributed by atoms with Gasteiger partial charge in [-0.1, -0.05) is 6.07 Å². The first-order valence-corrected chi connectivity index (χ1v) is 5.29. The van der Waals surface area contributed by atoms with Crippen LogP contribution in [0.4, 0.5) is 13.2 Å². The van der Waals surface area contributed by atoms with E-state index in [9.17, 15) is 18.0 Å². The molecule has 0 heterocycles. The van der Waals surface area contributed by atoms with E-state index in [2.05, 4.69) is 0 Å². The van der Waals surface area contributed by atoms with Crippen LogP contribution in [0.1, 0.15) is 11.1 Å². The summed E-state index contributed by atoms with van der Waals surface area (Å²) in [6.45, 7) is -0.234. The van der Waals surface area contributed by atoms with Gasteiger partial charge in [0.2, 0.25) is 0 Å². The molecule has 0 atom stereocenters. The number of carbonyl (C=O) groups excluding carboxylic acids is 1. The average Bonchev–Trinajstić information content (AvgIpc) is 2.34. The second kappa shape index (κ2) is 6.09. The Hall–Kier alpha value is -2.23. The number of hydrogen-bond acceptors (Lipinski definition) is 3. The number of amides is 1. The van der Waals surface area contributed by atoms with Gasteiger partial charge in [0, 0.05) is 0 Å². The number of benzene rings is 1. The van der Waals surface area contributed by atoms with Crippen LogP contribution in [0, 0.1) is 18.3 Å². The van der Waals surface area contributed by atoms with Gasteiger partial charge in [-0.05, 0) is 24.6 Å². The van der Waals surface area contributed by atoms with Gasteiger partial charge < -0.3 is 10.1 Å². The fourth-order valence-electron chi connectivity index (χ4n) is 1.22. The lowest BCUT2D eigenvalue weighted by molar-refractivity contribution is -0.139. The third-order valence-electron chi connectivity index (χ3n) is 2.16. The molecule has 0 aliphatic heterocycles. The van der Waals surface area contributed by atoms with Crippen LogP contribution in [0.25, 0.3) is 0 Å². The largest absolute Gasteiger partial charge is 0.483 e. The number of nitrogens with one attached hydrogen (secondary N) is 1. The standard InChI is InChI=1S/C12H11F3N2O2/c1-8-2-3-9(5-16)4-10(8)19-6-11(18)17-7-12(13,14)15/h2-4H,6-7H2,1H3,(H,17,18). The number of ether oxygens (including phenoxy) is 1. The highest BCUT2D eigenvalue weighted by Crippen LogP contribution is 2.19. The van der Waals surface area contributed by atoms with E-state index in [1.165, 1.54) is 6.07 Å². The number of carbonyl (C=O) groups is 1. The number of hydrogen-bond donors (Lipinski definition) is 1. The third-order valence-corrected chi connectivity index (χ3v) is 2.16. The lowest BCUT2D eigenvalue weighted by Crippen LogP contribution is -2.36. The lowest BCUT2D eigenvalue weighted by Gasteiger charge is -2.11. The molecule has 0 saturated carbocycles. The minimum Gasteiger partial charge on any atom is -0.483 e. The van der Waals surface area contributed by atoms with Crippen LogP contribution >= 0.6 is 0 Å². The fourth-order valence-corrected chi connectivity index (χ4v) is 1.22. The molecule has 0 saturated heterocycles. The highest BCUT2D eigenvalue weighted by molar-refractivity contribution is 5.77. The van der Waals surface area contributed by atoms with Gasteiger partial charge in [0.25, 0.3) is 5.91 Å². The smallest absolute Gasteiger partial charge is 0.405 e. The fraction of sp³-hybridized carbons (Fsp3) is 0.333. The summed E-state index contributed by atoms with van der Waals surface area (Å²) in [4.78, 5) is 11.1. The molecule has 102 valence electrons. The first-order valence-electron chi connectivity index (χ1n) is 5.29. The molecule has 0 spiro atoms. The first kappa shape index (κ1) is 14.8. The number of alkyl halides is 3. The molecule has 0 radical (unpaired) electrons. The zero-order valence-corrected chi connectivity index (χ0v) is 10.0. The van der Waals surface area contributed by atoms with Crippen LogP contribution in [0.5, 0.6) is 5.75 Å². The first-order chi connectivity index (χ1) is 8.81. The molecule has 1 amide bonds. The van der Waals surface area contributed by atoms with E-state index in [0.717, 1.165) is 0 Å². The quantitative estimate of drug-likeness (QED) is 0.910. The molecule has 0 bridgehead atoms. The Morgan fingerprint density at radius 1 is 1.47 bits per heavy atom. The molecule has 19 heavy (non-hydrogen) atoms. The maximum atomic E-state index is 11.9. The number of aryl methyl sites for hydroxylation is 1. The van der Waals surface area contributed by atoms with E-state index in [-0.39, 0.29) is 0 Å². The summed E-state index contributed by atoms with van der Waals surface area (Å²) >= 11 is 0. The zero-order chi connectivity index (χ0) is 14.5. The molecular formula is C12H11F3N2O2. The van der Waals surface area contributed by atoms with Crippen molar-refractivity contribution in [1.82, 2.24) is 5.32 Å². The Labute approximate surface area is 107 Å². The topological polar surface area (TPSA) is 62.1 Å². The van der Waals surface area contributed by atoms with Crippen molar-refractivity contribution in [3.63, 3.8) is 0 Å². The zero-order valence-electron chi connectivity index (χ0n) is 10.0. The summed E-state index contributed by atoms with van der Waals surface area (Å²) < 4.78 is 40.6. The predicted molar refractivity (Wildman–Crippen MR) is 60.5 cm³/mol. The SMILES string of the molecule is Cc1ccc(C#N)cc1OCC(=O)NCC(F)(F)F. The van der Waals surface area contributed by atoms with Gasteiger partial charge in [-0.25, -0.2) is 0 Å². The lowest BCUT2D eigenvalue weighted by atomic mass is 10.1. The molecule has 0 aromatic heterocycles. The van der Waals surface area contributed by atoms with Crippen LogP contribution in [-0.4, -0.2) is 25.2 Å². The summed E-state index contributed by atoms with van der Waals surface area (Å²) in [5.74, 6) is -0.583. The number of nitrogens with zero attached hydrogens (tertiary/aromatic N) is 1. The molecular weight excluding hydrogens is 261 g/mol. The van der Waals surface area contributed by atoms with Crippen LogP contribution in [0.15, 0.2) is 18.2 Å². The molecule has 0 fully saturated rings.